The molecule has 0 spiro atoms. The van der Waals surface area contributed by atoms with Crippen molar-refractivity contribution in [1.82, 2.24) is 5.32 Å². The first-order chi connectivity index (χ1) is 25.5. The lowest BCUT2D eigenvalue weighted by atomic mass is 9.51. The Balaban J connectivity index is 1.94. The summed E-state index contributed by atoms with van der Waals surface area (Å²) in [4.78, 5) is 14.2. The normalized spacial score (nSPS) is 16.2. The number of hydrogen-bond donors (Lipinski definition) is 4. The number of hydrogen-bond acceptors (Lipinski definition) is 7. The van der Waals surface area contributed by atoms with Crippen LogP contribution in [-0.2, 0) is 25.6 Å². The summed E-state index contributed by atoms with van der Waals surface area (Å²) in [6.45, 7) is 10.9. The van der Waals surface area contributed by atoms with E-state index in [2.05, 4.69) is 44.5 Å². The lowest BCUT2D eigenvalue weighted by Crippen LogP contribution is -2.56. The molecule has 0 aliphatic rings. The molecule has 5 N–H and O–H groups in total. The quantitative estimate of drug-likeness (QED) is 0.0598. The number of carbonyl (C=O) groups excluding carboxylic acids is 1. The van der Waals surface area contributed by atoms with E-state index >= 15 is 0 Å². The molecule has 0 bridgehead atoms. The molecule has 0 radical (unpaired) electrons. The fourth-order valence-electron chi connectivity index (χ4n) is 8.01. The Morgan fingerprint density at radius 1 is 0.887 bits per heavy atom. The third kappa shape index (κ3) is 9.64. The van der Waals surface area contributed by atoms with E-state index in [4.69, 9.17) is 19.3 Å². The van der Waals surface area contributed by atoms with Crippen molar-refractivity contribution in [3.8, 4) is 5.75 Å². The van der Waals surface area contributed by atoms with Gasteiger partial charge in [-0.2, -0.15) is 0 Å². The van der Waals surface area contributed by atoms with Gasteiger partial charge in [0.05, 0.1) is 25.2 Å². The van der Waals surface area contributed by atoms with Gasteiger partial charge >= 0.3 is 0 Å². The van der Waals surface area contributed by atoms with Crippen LogP contribution in [0.2, 0.25) is 13.1 Å². The predicted molar refractivity (Wildman–Crippen MR) is 218 cm³/mol. The van der Waals surface area contributed by atoms with Gasteiger partial charge in [0.2, 0.25) is 5.91 Å². The van der Waals surface area contributed by atoms with Crippen LogP contribution in [0.25, 0.3) is 0 Å². The fourth-order valence-corrected chi connectivity index (χ4v) is 9.83. The summed E-state index contributed by atoms with van der Waals surface area (Å²) in [5.41, 5.74) is 8.65. The molecule has 1 amide bonds. The predicted octanol–water partition coefficient (Wildman–Crippen LogP) is 6.55. The molecule has 0 aliphatic heterocycles. The minimum absolute atomic E-state index is 0.134. The maximum atomic E-state index is 14.7. The molecule has 11 heteroatoms. The van der Waals surface area contributed by atoms with Crippen molar-refractivity contribution in [3.05, 3.63) is 131 Å². The second-order valence-corrected chi connectivity index (χ2v) is 16.0. The summed E-state index contributed by atoms with van der Waals surface area (Å²) in [6, 6.07) is 31.4. The van der Waals surface area contributed by atoms with E-state index in [0.717, 1.165) is 27.9 Å². The third-order valence-electron chi connectivity index (χ3n) is 10.9. The first-order valence-electron chi connectivity index (χ1n) is 18.6. The minimum atomic E-state index is -0.928. The summed E-state index contributed by atoms with van der Waals surface area (Å²) in [7, 11) is 1.43. The smallest absolute Gasteiger partial charge is 0.225 e. The summed E-state index contributed by atoms with van der Waals surface area (Å²) >= 11 is 0. The van der Waals surface area contributed by atoms with Gasteiger partial charge in [0, 0.05) is 30.1 Å². The Morgan fingerprint density at radius 3 is 2.02 bits per heavy atom. The molecule has 2 unspecified atom stereocenters. The molecule has 53 heavy (non-hydrogen) atoms. The van der Waals surface area contributed by atoms with Gasteiger partial charge in [-0.05, 0) is 77.4 Å². The van der Waals surface area contributed by atoms with Crippen LogP contribution < -0.4 is 21.1 Å². The molecule has 4 aromatic carbocycles. The largest absolute Gasteiger partial charge is 0.497 e. The van der Waals surface area contributed by atoms with Gasteiger partial charge < -0.3 is 35.1 Å². The number of nitrogens with two attached hydrogens (primary N) is 1. The molecule has 0 fully saturated rings. The van der Waals surface area contributed by atoms with E-state index in [-0.39, 0.29) is 11.7 Å². The van der Waals surface area contributed by atoms with E-state index in [1.807, 2.05) is 91.0 Å². The highest BCUT2D eigenvalue weighted by atomic mass is 28.2. The highest BCUT2D eigenvalue weighted by Gasteiger charge is 2.56. The van der Waals surface area contributed by atoms with Gasteiger partial charge in [-0.1, -0.05) is 101 Å². The molecular formula is C42H58FN3O5Si2. The average Bonchev–Trinajstić information content (AvgIpc) is 3.19. The van der Waals surface area contributed by atoms with Crippen molar-refractivity contribution in [1.29, 1.82) is 0 Å². The molecule has 0 aromatic heterocycles. The average molecular weight is 760 g/mol. The van der Waals surface area contributed by atoms with E-state index in [0.29, 0.717) is 25.1 Å². The minimum Gasteiger partial charge on any atom is -0.497 e. The summed E-state index contributed by atoms with van der Waals surface area (Å²) in [6.07, 6.45) is -0.624. The lowest BCUT2D eigenvalue weighted by molar-refractivity contribution is -0.143. The number of benzene rings is 4. The van der Waals surface area contributed by atoms with Crippen LogP contribution in [0.15, 0.2) is 103 Å². The molecular weight excluding hydrogens is 702 g/mol. The van der Waals surface area contributed by atoms with E-state index in [1.54, 1.807) is 14.2 Å². The number of halogens is 1. The SMILES string of the molecule is CNC(=O)C(CCC(c1ccc(F)cc1)([C@H](C)[C@H](O)c1ccccc1)C(C)(C)C(O[SiH2]C)O[SiH2]C)[C@H](Nc1ccc(CN)cc1)c1ccc(OC)cc1. The van der Waals surface area contributed by atoms with Crippen LogP contribution in [0.1, 0.15) is 68.0 Å². The maximum Gasteiger partial charge on any atom is 0.225 e. The lowest BCUT2D eigenvalue weighted by Gasteiger charge is -2.55. The monoisotopic (exact) mass is 759 g/mol. The number of aliphatic hydroxyl groups is 1. The Bertz CT molecular complexity index is 1690. The maximum absolute atomic E-state index is 14.7. The standard InChI is InChI=1S/C42H58FN3O5Si2/c1-28(38(47)31-11-9-8-10-12-31)42(32-17-19-33(43)20-18-32,41(2,3)40(50-52-6)51-53-7)26-25-36(39(48)45-4)37(30-15-23-35(49-5)24-16-30)46-34-21-13-29(27-44)14-22-34/h8-24,28,36-38,40,46-47H,25-27,44,52-53H2,1-7H3,(H,45,48)/t28-,36?,37-,38+,42?/m1/s1. The number of ether oxygens (including phenoxy) is 1. The van der Waals surface area contributed by atoms with Crippen molar-refractivity contribution in [2.24, 2.45) is 23.0 Å². The molecule has 0 saturated carbocycles. The zero-order chi connectivity index (χ0) is 38.6. The number of nitrogens with one attached hydrogen (secondary N) is 2. The fraction of sp³-hybridized carbons (Fsp3) is 0.405. The summed E-state index contributed by atoms with van der Waals surface area (Å²) in [5.74, 6) is -0.790. The second-order valence-electron chi connectivity index (χ2n) is 14.1. The summed E-state index contributed by atoms with van der Waals surface area (Å²) in [5, 5.41) is 18.9. The van der Waals surface area contributed by atoms with Crippen molar-refractivity contribution in [2.75, 3.05) is 19.5 Å². The van der Waals surface area contributed by atoms with Crippen molar-refractivity contribution < 1.29 is 27.9 Å². The number of rotatable bonds is 20. The van der Waals surface area contributed by atoms with Gasteiger partial charge in [-0.15, -0.1) is 0 Å². The van der Waals surface area contributed by atoms with Gasteiger partial charge in [-0.25, -0.2) is 4.39 Å². The number of carbonyl (C=O) groups is 1. The zero-order valence-corrected chi connectivity index (χ0v) is 35.1. The number of amides is 1. The summed E-state index contributed by atoms with van der Waals surface area (Å²) < 4.78 is 33.2. The first kappa shape index (κ1) is 41.9. The van der Waals surface area contributed by atoms with E-state index in [9.17, 15) is 14.3 Å². The van der Waals surface area contributed by atoms with Crippen molar-refractivity contribution >= 4 is 31.1 Å². The van der Waals surface area contributed by atoms with Crippen LogP contribution in [0.5, 0.6) is 5.75 Å². The highest BCUT2D eigenvalue weighted by Crippen LogP contribution is 2.57. The third-order valence-corrected chi connectivity index (χ3v) is 12.2. The highest BCUT2D eigenvalue weighted by molar-refractivity contribution is 6.26. The zero-order valence-electron chi connectivity index (χ0n) is 32.3. The van der Waals surface area contributed by atoms with Gasteiger partial charge in [-0.3, -0.25) is 4.79 Å². The first-order valence-corrected chi connectivity index (χ1v) is 22.6. The van der Waals surface area contributed by atoms with Crippen LogP contribution in [0, 0.1) is 23.1 Å². The molecule has 286 valence electrons. The number of anilines is 1. The van der Waals surface area contributed by atoms with Crippen LogP contribution in [0.4, 0.5) is 10.1 Å². The van der Waals surface area contributed by atoms with E-state index in [1.165, 1.54) is 12.1 Å². The Hall–Kier alpha value is -3.85. The van der Waals surface area contributed by atoms with Crippen molar-refractivity contribution in [3.63, 3.8) is 0 Å². The van der Waals surface area contributed by atoms with Crippen molar-refractivity contribution in [2.45, 2.75) is 77.1 Å². The number of methoxy groups -OCH3 is 1. The Morgan fingerprint density at radius 2 is 1.49 bits per heavy atom. The number of aliphatic hydroxyl groups excluding tert-OH is 1. The molecule has 0 saturated heterocycles. The van der Waals surface area contributed by atoms with Crippen LogP contribution >= 0.6 is 0 Å². The Kier molecular flexibility index (Phi) is 15.4. The van der Waals surface area contributed by atoms with Gasteiger partial charge in [0.1, 0.15) is 17.9 Å². The van der Waals surface area contributed by atoms with Crippen LogP contribution in [0.3, 0.4) is 0 Å². The molecule has 8 nitrogen and oxygen atoms in total. The molecule has 4 aromatic rings. The van der Waals surface area contributed by atoms with Crippen LogP contribution in [-0.4, -0.2) is 51.0 Å². The second kappa shape index (κ2) is 19.5. The molecule has 4 rings (SSSR count). The molecule has 0 aliphatic carbocycles. The van der Waals surface area contributed by atoms with Gasteiger partial charge in [0.15, 0.2) is 19.5 Å². The molecule has 0 heterocycles. The van der Waals surface area contributed by atoms with E-state index < -0.39 is 60.6 Å². The molecule has 5 atom stereocenters. The Labute approximate surface area is 319 Å². The van der Waals surface area contributed by atoms with Gasteiger partial charge in [0.25, 0.3) is 0 Å². The topological polar surface area (TPSA) is 115 Å².